The zero-order chi connectivity index (χ0) is 16.5. The van der Waals surface area contributed by atoms with Crippen LogP contribution in [0.25, 0.3) is 11.1 Å². The van der Waals surface area contributed by atoms with E-state index in [-0.39, 0.29) is 10.8 Å². The molecular weight excluding hydrogens is 288 g/mol. The summed E-state index contributed by atoms with van der Waals surface area (Å²) in [6.45, 7) is 7.17. The van der Waals surface area contributed by atoms with E-state index in [4.69, 9.17) is 0 Å². The van der Waals surface area contributed by atoms with E-state index in [1.165, 1.54) is 33.4 Å². The lowest BCUT2D eigenvalue weighted by molar-refractivity contribution is 0.502. The Balaban J connectivity index is 1.93. The predicted molar refractivity (Wildman–Crippen MR) is 102 cm³/mol. The summed E-state index contributed by atoms with van der Waals surface area (Å²) in [5.41, 5.74) is 8.98. The maximum Gasteiger partial charge on any atom is 0.0216 e. The van der Waals surface area contributed by atoms with Crippen LogP contribution in [0.3, 0.4) is 0 Å². The molecule has 118 valence electrons. The van der Waals surface area contributed by atoms with E-state index >= 15 is 0 Å². The minimum absolute atomic E-state index is 0.0394. The largest absolute Gasteiger partial charge is 0.0758 e. The van der Waals surface area contributed by atoms with Crippen LogP contribution >= 0.6 is 0 Å². The third-order valence-corrected chi connectivity index (χ3v) is 6.38. The maximum atomic E-state index is 2.41. The molecule has 0 saturated heterocycles. The Morgan fingerprint density at radius 3 is 2.21 bits per heavy atom. The Kier molecular flexibility index (Phi) is 2.57. The lowest BCUT2D eigenvalue weighted by Gasteiger charge is -2.44. The Hall–Kier alpha value is -2.34. The highest BCUT2D eigenvalue weighted by atomic mass is 14.5. The normalized spacial score (nSPS) is 28.2. The monoisotopic (exact) mass is 310 g/mol. The predicted octanol–water partition coefficient (Wildman–Crippen LogP) is 5.90. The van der Waals surface area contributed by atoms with Crippen LogP contribution in [0.2, 0.25) is 0 Å². The van der Waals surface area contributed by atoms with Crippen LogP contribution in [0.15, 0.2) is 72.8 Å². The van der Waals surface area contributed by atoms with Crippen LogP contribution in [0.5, 0.6) is 0 Å². The van der Waals surface area contributed by atoms with Gasteiger partial charge < -0.3 is 0 Å². The van der Waals surface area contributed by atoms with Crippen molar-refractivity contribution in [3.63, 3.8) is 0 Å². The van der Waals surface area contributed by atoms with Crippen molar-refractivity contribution in [2.75, 3.05) is 0 Å². The molecule has 0 heteroatoms. The average Bonchev–Trinajstić information content (AvgIpc) is 2.84. The van der Waals surface area contributed by atoms with Crippen molar-refractivity contribution in [3.05, 3.63) is 95.1 Å². The highest BCUT2D eigenvalue weighted by Gasteiger charge is 2.50. The second-order valence-electron chi connectivity index (χ2n) is 8.01. The van der Waals surface area contributed by atoms with Gasteiger partial charge in [0.2, 0.25) is 0 Å². The molecule has 5 rings (SSSR count). The van der Waals surface area contributed by atoms with Crippen molar-refractivity contribution in [1.82, 2.24) is 0 Å². The molecular formula is C24H22. The van der Waals surface area contributed by atoms with Gasteiger partial charge in [-0.15, -0.1) is 0 Å². The van der Waals surface area contributed by atoms with Gasteiger partial charge in [-0.25, -0.2) is 0 Å². The SMILES string of the molecule is CC1(C)C2=C(c3ccccc31)C1C=CC=CC1(C)c1ccccc12. The molecule has 0 amide bonds. The van der Waals surface area contributed by atoms with Gasteiger partial charge in [0.05, 0.1) is 0 Å². The van der Waals surface area contributed by atoms with Crippen molar-refractivity contribution >= 4 is 11.1 Å². The van der Waals surface area contributed by atoms with Gasteiger partial charge in [-0.2, -0.15) is 0 Å². The molecule has 0 bridgehead atoms. The zero-order valence-electron chi connectivity index (χ0n) is 14.5. The van der Waals surface area contributed by atoms with E-state index in [2.05, 4.69) is 93.6 Å². The van der Waals surface area contributed by atoms with Crippen molar-refractivity contribution in [2.45, 2.75) is 31.6 Å². The van der Waals surface area contributed by atoms with Crippen molar-refractivity contribution in [2.24, 2.45) is 5.92 Å². The molecule has 0 N–H and O–H groups in total. The van der Waals surface area contributed by atoms with Crippen LogP contribution in [0, 0.1) is 5.92 Å². The highest BCUT2D eigenvalue weighted by Crippen LogP contribution is 2.61. The molecule has 0 spiro atoms. The molecule has 0 nitrogen and oxygen atoms in total. The van der Waals surface area contributed by atoms with Crippen LogP contribution in [-0.4, -0.2) is 0 Å². The van der Waals surface area contributed by atoms with Crippen LogP contribution in [0.4, 0.5) is 0 Å². The summed E-state index contributed by atoms with van der Waals surface area (Å²) >= 11 is 0. The lowest BCUT2D eigenvalue weighted by atomic mass is 9.59. The molecule has 0 fully saturated rings. The van der Waals surface area contributed by atoms with Gasteiger partial charge in [0.1, 0.15) is 0 Å². The Morgan fingerprint density at radius 2 is 1.42 bits per heavy atom. The fourth-order valence-corrected chi connectivity index (χ4v) is 5.23. The zero-order valence-corrected chi connectivity index (χ0v) is 14.5. The summed E-state index contributed by atoms with van der Waals surface area (Å²) in [7, 11) is 0. The second kappa shape index (κ2) is 4.39. The smallest absolute Gasteiger partial charge is 0.0216 e. The first kappa shape index (κ1) is 14.0. The van der Waals surface area contributed by atoms with Crippen LogP contribution in [-0.2, 0) is 10.8 Å². The lowest BCUT2D eigenvalue weighted by Crippen LogP contribution is -2.36. The summed E-state index contributed by atoms with van der Waals surface area (Å²) in [5.74, 6) is 0.412. The van der Waals surface area contributed by atoms with Gasteiger partial charge in [0.15, 0.2) is 0 Å². The summed E-state index contributed by atoms with van der Waals surface area (Å²) in [4.78, 5) is 0. The number of hydrogen-bond acceptors (Lipinski definition) is 0. The van der Waals surface area contributed by atoms with E-state index in [0.29, 0.717) is 5.92 Å². The van der Waals surface area contributed by atoms with Crippen molar-refractivity contribution < 1.29 is 0 Å². The number of fused-ring (bicyclic) bond motifs is 7. The van der Waals surface area contributed by atoms with Gasteiger partial charge in [-0.3, -0.25) is 0 Å². The Labute approximate surface area is 144 Å². The Bertz CT molecular complexity index is 952. The fourth-order valence-electron chi connectivity index (χ4n) is 5.23. The van der Waals surface area contributed by atoms with Crippen molar-refractivity contribution in [1.29, 1.82) is 0 Å². The quantitative estimate of drug-likeness (QED) is 0.568. The molecule has 0 heterocycles. The van der Waals surface area contributed by atoms with E-state index < -0.39 is 0 Å². The maximum absolute atomic E-state index is 2.41. The summed E-state index contributed by atoms with van der Waals surface area (Å²) < 4.78 is 0. The molecule has 3 aliphatic rings. The number of allylic oxidation sites excluding steroid dienone is 6. The van der Waals surface area contributed by atoms with E-state index in [1.807, 2.05) is 0 Å². The molecule has 0 saturated carbocycles. The third-order valence-electron chi connectivity index (χ3n) is 6.38. The van der Waals surface area contributed by atoms with Crippen molar-refractivity contribution in [3.8, 4) is 0 Å². The first-order valence-electron chi connectivity index (χ1n) is 8.85. The van der Waals surface area contributed by atoms with E-state index in [0.717, 1.165) is 0 Å². The number of rotatable bonds is 0. The minimum atomic E-state index is 0.0394. The molecule has 2 aromatic rings. The molecule has 0 radical (unpaired) electrons. The molecule has 2 atom stereocenters. The van der Waals surface area contributed by atoms with Crippen LogP contribution < -0.4 is 0 Å². The average molecular weight is 310 g/mol. The van der Waals surface area contributed by atoms with E-state index in [9.17, 15) is 0 Å². The second-order valence-corrected chi connectivity index (χ2v) is 8.01. The molecule has 3 aliphatic carbocycles. The fraction of sp³-hybridized carbons (Fsp3) is 0.250. The molecule has 0 aromatic heterocycles. The van der Waals surface area contributed by atoms with Crippen LogP contribution in [0.1, 0.15) is 43.0 Å². The highest BCUT2D eigenvalue weighted by molar-refractivity contribution is 6.05. The summed E-state index contributed by atoms with van der Waals surface area (Å²) in [6.07, 6.45) is 9.24. The number of benzene rings is 2. The Morgan fingerprint density at radius 1 is 0.750 bits per heavy atom. The summed E-state index contributed by atoms with van der Waals surface area (Å²) in [5, 5.41) is 0. The van der Waals surface area contributed by atoms with Gasteiger partial charge >= 0.3 is 0 Å². The molecule has 2 aromatic carbocycles. The van der Waals surface area contributed by atoms with Gasteiger partial charge in [0, 0.05) is 16.7 Å². The number of hydrogen-bond donors (Lipinski definition) is 0. The molecule has 2 unspecified atom stereocenters. The third kappa shape index (κ3) is 1.50. The van der Waals surface area contributed by atoms with Gasteiger partial charge in [-0.1, -0.05) is 93.6 Å². The first-order valence-corrected chi connectivity index (χ1v) is 8.85. The van der Waals surface area contributed by atoms with Gasteiger partial charge in [-0.05, 0) is 33.4 Å². The standard InChI is InChI=1S/C24H22/c1-23(2)18-12-6-4-10-16(18)21-20-14-8-9-15-24(20,3)19-13-7-5-11-17(19)22(21)23/h4-15,20H,1-3H3. The molecule has 0 aliphatic heterocycles. The minimum Gasteiger partial charge on any atom is -0.0758 e. The molecule has 24 heavy (non-hydrogen) atoms. The topological polar surface area (TPSA) is 0 Å². The summed E-state index contributed by atoms with van der Waals surface area (Å²) in [6, 6.07) is 18.0. The van der Waals surface area contributed by atoms with E-state index in [1.54, 1.807) is 0 Å². The first-order chi connectivity index (χ1) is 11.5. The van der Waals surface area contributed by atoms with Gasteiger partial charge in [0.25, 0.3) is 0 Å².